The molecular weight excluding hydrogens is 612 g/mol. The summed E-state index contributed by atoms with van der Waals surface area (Å²) in [6, 6.07) is 0. The minimum absolute atomic E-state index is 0.0833. The second kappa shape index (κ2) is 38.7. The standard InChI is InChI=1S/C43H78O6/c1-4-7-9-11-13-15-17-19-21-23-25-27-29-31-33-36-41(44)47-38-40(49-43(46)35-6-3)39-48-42(45)37-34-32-30-28-26-24-22-20-18-16-14-12-10-8-5-2/h19-22,40H,4-18,23-39H2,1-3H3. The van der Waals surface area contributed by atoms with Gasteiger partial charge in [-0.3, -0.25) is 14.4 Å². The van der Waals surface area contributed by atoms with E-state index in [-0.39, 0.29) is 37.5 Å². The monoisotopic (exact) mass is 691 g/mol. The molecule has 0 aromatic rings. The first-order chi connectivity index (χ1) is 24.0. The molecule has 0 aromatic heterocycles. The van der Waals surface area contributed by atoms with Crippen LogP contribution in [0.25, 0.3) is 0 Å². The molecule has 0 spiro atoms. The Morgan fingerprint density at radius 2 is 0.714 bits per heavy atom. The van der Waals surface area contributed by atoms with Crippen molar-refractivity contribution >= 4 is 17.9 Å². The van der Waals surface area contributed by atoms with Crippen LogP contribution in [-0.4, -0.2) is 37.2 Å². The maximum atomic E-state index is 12.3. The Hall–Kier alpha value is -2.11. The predicted octanol–water partition coefficient (Wildman–Crippen LogP) is 12.9. The topological polar surface area (TPSA) is 78.9 Å². The van der Waals surface area contributed by atoms with Gasteiger partial charge in [0.15, 0.2) is 6.10 Å². The Labute approximate surface area is 303 Å². The molecule has 6 nitrogen and oxygen atoms in total. The molecule has 0 fully saturated rings. The number of hydrogen-bond donors (Lipinski definition) is 0. The van der Waals surface area contributed by atoms with Gasteiger partial charge < -0.3 is 14.2 Å². The molecule has 49 heavy (non-hydrogen) atoms. The number of carbonyl (C=O) groups excluding carboxylic acids is 3. The van der Waals surface area contributed by atoms with Crippen molar-refractivity contribution in [3.63, 3.8) is 0 Å². The summed E-state index contributed by atoms with van der Waals surface area (Å²) in [5, 5.41) is 0. The Morgan fingerprint density at radius 3 is 1.06 bits per heavy atom. The number of carbonyl (C=O) groups is 3. The number of ether oxygens (including phenoxy) is 3. The maximum Gasteiger partial charge on any atom is 0.306 e. The van der Waals surface area contributed by atoms with Crippen LogP contribution in [0, 0.1) is 0 Å². The molecular formula is C43H78O6. The Morgan fingerprint density at radius 1 is 0.388 bits per heavy atom. The molecule has 0 saturated carbocycles. The van der Waals surface area contributed by atoms with Crippen molar-refractivity contribution in [1.82, 2.24) is 0 Å². The van der Waals surface area contributed by atoms with E-state index in [1.807, 2.05) is 6.92 Å². The SMILES string of the molecule is CCCCCCCCC=CCCCCCCCC(=O)OCC(COC(=O)CCCCCCCC=CCCCCCCCC)OC(=O)CCC. The van der Waals surface area contributed by atoms with Crippen molar-refractivity contribution < 1.29 is 28.6 Å². The molecule has 0 rings (SSSR count). The minimum atomic E-state index is -0.768. The van der Waals surface area contributed by atoms with Crippen molar-refractivity contribution in [1.29, 1.82) is 0 Å². The zero-order valence-electron chi connectivity index (χ0n) is 32.5. The molecule has 0 N–H and O–H groups in total. The van der Waals surface area contributed by atoms with Gasteiger partial charge >= 0.3 is 17.9 Å². The first kappa shape index (κ1) is 46.9. The van der Waals surface area contributed by atoms with E-state index in [0.717, 1.165) is 51.4 Å². The first-order valence-electron chi connectivity index (χ1n) is 20.8. The van der Waals surface area contributed by atoms with Gasteiger partial charge in [-0.15, -0.1) is 0 Å². The molecule has 0 amide bonds. The average Bonchev–Trinajstić information content (AvgIpc) is 3.09. The van der Waals surface area contributed by atoms with E-state index in [1.54, 1.807) is 0 Å². The number of esters is 3. The highest BCUT2D eigenvalue weighted by molar-refractivity contribution is 5.71. The van der Waals surface area contributed by atoms with E-state index in [2.05, 4.69) is 38.2 Å². The first-order valence-corrected chi connectivity index (χ1v) is 20.8. The minimum Gasteiger partial charge on any atom is -0.462 e. The summed E-state index contributed by atoms with van der Waals surface area (Å²) in [6.07, 6.45) is 41.6. The van der Waals surface area contributed by atoms with Crippen LogP contribution >= 0.6 is 0 Å². The highest BCUT2D eigenvalue weighted by atomic mass is 16.6. The number of hydrogen-bond acceptors (Lipinski definition) is 6. The van der Waals surface area contributed by atoms with Crippen LogP contribution < -0.4 is 0 Å². The van der Waals surface area contributed by atoms with E-state index in [0.29, 0.717) is 19.3 Å². The maximum absolute atomic E-state index is 12.3. The molecule has 0 aliphatic carbocycles. The smallest absolute Gasteiger partial charge is 0.306 e. The van der Waals surface area contributed by atoms with Gasteiger partial charge in [0.2, 0.25) is 0 Å². The van der Waals surface area contributed by atoms with Gasteiger partial charge in [-0.25, -0.2) is 0 Å². The second-order valence-electron chi connectivity index (χ2n) is 13.9. The Kier molecular flexibility index (Phi) is 37.0. The number of unbranched alkanes of at least 4 members (excludes halogenated alkanes) is 22. The highest BCUT2D eigenvalue weighted by Crippen LogP contribution is 2.13. The van der Waals surface area contributed by atoms with Crippen molar-refractivity contribution in [2.75, 3.05) is 13.2 Å². The fourth-order valence-electron chi connectivity index (χ4n) is 5.76. The molecule has 0 saturated heterocycles. The van der Waals surface area contributed by atoms with Gasteiger partial charge in [-0.2, -0.15) is 0 Å². The van der Waals surface area contributed by atoms with Crippen molar-refractivity contribution in [2.45, 2.75) is 219 Å². The Balaban J connectivity index is 3.94. The lowest BCUT2D eigenvalue weighted by molar-refractivity contribution is -0.166. The van der Waals surface area contributed by atoms with Crippen LogP contribution in [0.5, 0.6) is 0 Å². The summed E-state index contributed by atoms with van der Waals surface area (Å²) in [5.74, 6) is -0.961. The van der Waals surface area contributed by atoms with Gasteiger partial charge in [0, 0.05) is 19.3 Å². The molecule has 0 bridgehead atoms. The van der Waals surface area contributed by atoms with Gasteiger partial charge in [-0.05, 0) is 70.6 Å². The zero-order chi connectivity index (χ0) is 35.9. The van der Waals surface area contributed by atoms with Gasteiger partial charge in [-0.1, -0.05) is 148 Å². The zero-order valence-corrected chi connectivity index (χ0v) is 32.5. The summed E-state index contributed by atoms with van der Waals surface area (Å²) in [6.45, 7) is 6.25. The lowest BCUT2D eigenvalue weighted by atomic mass is 10.1. The molecule has 0 atom stereocenters. The third-order valence-electron chi connectivity index (χ3n) is 8.90. The molecule has 6 heteroatoms. The molecule has 0 aliphatic heterocycles. The van der Waals surface area contributed by atoms with Crippen molar-refractivity contribution in [2.24, 2.45) is 0 Å². The van der Waals surface area contributed by atoms with Crippen LogP contribution in [0.4, 0.5) is 0 Å². The summed E-state index contributed by atoms with van der Waals surface area (Å²) < 4.78 is 16.3. The van der Waals surface area contributed by atoms with Crippen molar-refractivity contribution in [3.8, 4) is 0 Å². The number of allylic oxidation sites excluding steroid dienone is 4. The van der Waals surface area contributed by atoms with E-state index in [9.17, 15) is 14.4 Å². The van der Waals surface area contributed by atoms with E-state index in [1.165, 1.54) is 116 Å². The third kappa shape index (κ3) is 37.0. The lowest BCUT2D eigenvalue weighted by Gasteiger charge is -2.18. The normalized spacial score (nSPS) is 12.1. The van der Waals surface area contributed by atoms with Crippen LogP contribution in [0.2, 0.25) is 0 Å². The third-order valence-corrected chi connectivity index (χ3v) is 8.90. The predicted molar refractivity (Wildman–Crippen MR) is 206 cm³/mol. The van der Waals surface area contributed by atoms with E-state index >= 15 is 0 Å². The van der Waals surface area contributed by atoms with Gasteiger partial charge in [0.05, 0.1) is 0 Å². The molecule has 286 valence electrons. The highest BCUT2D eigenvalue weighted by Gasteiger charge is 2.19. The van der Waals surface area contributed by atoms with Gasteiger partial charge in [0.25, 0.3) is 0 Å². The van der Waals surface area contributed by atoms with Crippen LogP contribution in [-0.2, 0) is 28.6 Å². The van der Waals surface area contributed by atoms with Gasteiger partial charge in [0.1, 0.15) is 13.2 Å². The largest absolute Gasteiger partial charge is 0.462 e. The molecule has 0 radical (unpaired) electrons. The fourth-order valence-corrected chi connectivity index (χ4v) is 5.76. The summed E-state index contributed by atoms with van der Waals surface area (Å²) in [4.78, 5) is 36.7. The fraction of sp³-hybridized carbons (Fsp3) is 0.837. The van der Waals surface area contributed by atoms with Crippen LogP contribution in [0.3, 0.4) is 0 Å². The van der Waals surface area contributed by atoms with Crippen LogP contribution in [0.1, 0.15) is 213 Å². The lowest BCUT2D eigenvalue weighted by Crippen LogP contribution is -2.30. The van der Waals surface area contributed by atoms with Crippen molar-refractivity contribution in [3.05, 3.63) is 24.3 Å². The van der Waals surface area contributed by atoms with E-state index in [4.69, 9.17) is 14.2 Å². The summed E-state index contributed by atoms with van der Waals surface area (Å²) in [7, 11) is 0. The molecule has 0 aliphatic rings. The quantitative estimate of drug-likeness (QED) is 0.0279. The number of rotatable bonds is 37. The molecule has 0 aromatic carbocycles. The molecule has 0 unspecified atom stereocenters. The average molecular weight is 691 g/mol. The summed E-state index contributed by atoms with van der Waals surface area (Å²) in [5.41, 5.74) is 0. The Bertz CT molecular complexity index is 748. The second-order valence-corrected chi connectivity index (χ2v) is 13.9. The molecule has 0 heterocycles. The van der Waals surface area contributed by atoms with E-state index < -0.39 is 6.10 Å². The van der Waals surface area contributed by atoms with Crippen LogP contribution in [0.15, 0.2) is 24.3 Å². The summed E-state index contributed by atoms with van der Waals surface area (Å²) >= 11 is 0.